The van der Waals surface area contributed by atoms with Crippen LogP contribution >= 0.6 is 0 Å². The van der Waals surface area contributed by atoms with E-state index in [4.69, 9.17) is 0 Å². The topological polar surface area (TPSA) is 60.2 Å². The SMILES string of the molecule is CCNc1nc(COCC(F)(F)F)no1. The highest BCUT2D eigenvalue weighted by molar-refractivity contribution is 5.16. The van der Waals surface area contributed by atoms with Crippen molar-refractivity contribution in [3.8, 4) is 0 Å². The van der Waals surface area contributed by atoms with E-state index in [1.165, 1.54) is 0 Å². The van der Waals surface area contributed by atoms with Gasteiger partial charge in [-0.25, -0.2) is 0 Å². The van der Waals surface area contributed by atoms with Gasteiger partial charge in [-0.3, -0.25) is 0 Å². The Morgan fingerprint density at radius 2 is 2.20 bits per heavy atom. The highest BCUT2D eigenvalue weighted by atomic mass is 19.4. The first-order chi connectivity index (χ1) is 7.01. The number of hydrogen-bond acceptors (Lipinski definition) is 5. The van der Waals surface area contributed by atoms with Crippen molar-refractivity contribution < 1.29 is 22.4 Å². The van der Waals surface area contributed by atoms with Crippen molar-refractivity contribution >= 4 is 6.01 Å². The number of alkyl halides is 3. The lowest BCUT2D eigenvalue weighted by atomic mass is 10.6. The molecule has 1 aromatic rings. The third kappa shape index (κ3) is 4.63. The first kappa shape index (κ1) is 11.8. The van der Waals surface area contributed by atoms with Crippen molar-refractivity contribution in [2.24, 2.45) is 0 Å². The van der Waals surface area contributed by atoms with E-state index in [9.17, 15) is 13.2 Å². The number of nitrogens with zero attached hydrogens (tertiary/aromatic N) is 2. The van der Waals surface area contributed by atoms with Gasteiger partial charge in [0.15, 0.2) is 5.82 Å². The van der Waals surface area contributed by atoms with Crippen LogP contribution in [-0.4, -0.2) is 29.5 Å². The van der Waals surface area contributed by atoms with Crippen LogP contribution in [0.1, 0.15) is 12.7 Å². The van der Waals surface area contributed by atoms with Crippen LogP contribution in [0.2, 0.25) is 0 Å². The summed E-state index contributed by atoms with van der Waals surface area (Å²) in [6.07, 6.45) is -4.34. The molecule has 0 radical (unpaired) electrons. The highest BCUT2D eigenvalue weighted by Crippen LogP contribution is 2.15. The molecule has 0 aliphatic heterocycles. The Kier molecular flexibility index (Phi) is 3.89. The number of rotatable bonds is 5. The van der Waals surface area contributed by atoms with Gasteiger partial charge in [0.05, 0.1) is 0 Å². The molecule has 0 aromatic carbocycles. The molecule has 8 heteroatoms. The molecule has 1 N–H and O–H groups in total. The van der Waals surface area contributed by atoms with E-state index < -0.39 is 12.8 Å². The van der Waals surface area contributed by atoms with E-state index >= 15 is 0 Å². The van der Waals surface area contributed by atoms with Crippen molar-refractivity contribution in [1.29, 1.82) is 0 Å². The van der Waals surface area contributed by atoms with E-state index in [0.29, 0.717) is 6.54 Å². The van der Waals surface area contributed by atoms with Gasteiger partial charge in [-0.2, -0.15) is 18.2 Å². The third-order valence-electron chi connectivity index (χ3n) is 1.29. The molecule has 0 spiro atoms. The molecule has 0 saturated heterocycles. The Morgan fingerprint density at radius 3 is 2.80 bits per heavy atom. The summed E-state index contributed by atoms with van der Waals surface area (Å²) in [4.78, 5) is 3.74. The fourth-order valence-corrected chi connectivity index (χ4v) is 0.794. The van der Waals surface area contributed by atoms with E-state index in [0.717, 1.165) is 0 Å². The largest absolute Gasteiger partial charge is 0.411 e. The Morgan fingerprint density at radius 1 is 1.47 bits per heavy atom. The molecule has 0 aliphatic carbocycles. The average Bonchev–Trinajstić information content (AvgIpc) is 2.51. The molecule has 0 saturated carbocycles. The highest BCUT2D eigenvalue weighted by Gasteiger charge is 2.27. The molecule has 0 aliphatic rings. The summed E-state index contributed by atoms with van der Waals surface area (Å²) in [6, 6.07) is 0.170. The normalized spacial score (nSPS) is 11.7. The van der Waals surface area contributed by atoms with Crippen molar-refractivity contribution in [2.75, 3.05) is 18.5 Å². The average molecular weight is 225 g/mol. The molecule has 1 heterocycles. The Balaban J connectivity index is 2.31. The zero-order chi connectivity index (χ0) is 11.3. The molecule has 0 fully saturated rings. The van der Waals surface area contributed by atoms with Gasteiger partial charge in [-0.1, -0.05) is 5.16 Å². The van der Waals surface area contributed by atoms with Gasteiger partial charge >= 0.3 is 12.2 Å². The lowest BCUT2D eigenvalue weighted by Gasteiger charge is -2.04. The maximum atomic E-state index is 11.7. The van der Waals surface area contributed by atoms with Crippen LogP contribution in [-0.2, 0) is 11.3 Å². The molecule has 15 heavy (non-hydrogen) atoms. The molecular formula is C7H10F3N3O2. The standard InChI is InChI=1S/C7H10F3N3O2/c1-2-11-6-12-5(13-15-6)3-14-4-7(8,9)10/h2-4H2,1H3,(H,11,12,13). The lowest BCUT2D eigenvalue weighted by molar-refractivity contribution is -0.177. The van der Waals surface area contributed by atoms with Gasteiger partial charge in [0.2, 0.25) is 0 Å². The zero-order valence-corrected chi connectivity index (χ0v) is 7.97. The van der Waals surface area contributed by atoms with Gasteiger partial charge in [0, 0.05) is 6.54 Å². The maximum Gasteiger partial charge on any atom is 0.411 e. The summed E-state index contributed by atoms with van der Waals surface area (Å²) in [6.45, 7) is 0.765. The number of aromatic nitrogens is 2. The fraction of sp³-hybridized carbons (Fsp3) is 0.714. The van der Waals surface area contributed by atoms with Gasteiger partial charge in [0.1, 0.15) is 13.2 Å². The minimum atomic E-state index is -4.34. The van der Waals surface area contributed by atoms with Crippen LogP contribution in [0.15, 0.2) is 4.52 Å². The Bertz CT molecular complexity index is 300. The minimum absolute atomic E-state index is 0.0789. The minimum Gasteiger partial charge on any atom is -0.364 e. The summed E-state index contributed by atoms with van der Waals surface area (Å²) >= 11 is 0. The van der Waals surface area contributed by atoms with Crippen molar-refractivity contribution in [3.63, 3.8) is 0 Å². The van der Waals surface area contributed by atoms with Crippen LogP contribution in [0.4, 0.5) is 19.2 Å². The summed E-state index contributed by atoms with van der Waals surface area (Å²) < 4.78 is 44.0. The molecule has 5 nitrogen and oxygen atoms in total. The zero-order valence-electron chi connectivity index (χ0n) is 7.97. The van der Waals surface area contributed by atoms with Gasteiger partial charge in [0.25, 0.3) is 0 Å². The van der Waals surface area contributed by atoms with Gasteiger partial charge < -0.3 is 14.6 Å². The first-order valence-corrected chi connectivity index (χ1v) is 4.22. The molecule has 0 atom stereocenters. The number of nitrogens with one attached hydrogen (secondary N) is 1. The van der Waals surface area contributed by atoms with Crippen LogP contribution in [0.3, 0.4) is 0 Å². The summed E-state index contributed by atoms with van der Waals surface area (Å²) in [5.74, 6) is 0.0789. The molecule has 1 rings (SSSR count). The first-order valence-electron chi connectivity index (χ1n) is 4.22. The third-order valence-corrected chi connectivity index (χ3v) is 1.29. The molecular weight excluding hydrogens is 215 g/mol. The van der Waals surface area contributed by atoms with E-state index in [2.05, 4.69) is 24.7 Å². The van der Waals surface area contributed by atoms with E-state index in [1.54, 1.807) is 0 Å². The number of anilines is 1. The lowest BCUT2D eigenvalue weighted by Crippen LogP contribution is -2.16. The van der Waals surface area contributed by atoms with Crippen molar-refractivity contribution in [2.45, 2.75) is 19.7 Å². The molecule has 0 amide bonds. The van der Waals surface area contributed by atoms with Gasteiger partial charge in [-0.15, -0.1) is 0 Å². The van der Waals surface area contributed by atoms with Gasteiger partial charge in [-0.05, 0) is 6.92 Å². The Hall–Kier alpha value is -1.31. The molecule has 1 aromatic heterocycles. The van der Waals surface area contributed by atoms with E-state index in [-0.39, 0.29) is 18.4 Å². The smallest absolute Gasteiger partial charge is 0.364 e. The summed E-state index contributed by atoms with van der Waals surface area (Å²) in [5, 5.41) is 6.13. The molecule has 86 valence electrons. The second-order valence-electron chi connectivity index (χ2n) is 2.65. The number of ether oxygens (including phenoxy) is 1. The number of halogens is 3. The summed E-state index contributed by atoms with van der Waals surface area (Å²) in [5.41, 5.74) is 0. The van der Waals surface area contributed by atoms with E-state index in [1.807, 2.05) is 6.92 Å². The predicted molar refractivity (Wildman–Crippen MR) is 44.2 cm³/mol. The molecule has 0 bridgehead atoms. The van der Waals surface area contributed by atoms with Crippen molar-refractivity contribution in [1.82, 2.24) is 10.1 Å². The Labute approximate surface area is 83.6 Å². The van der Waals surface area contributed by atoms with Crippen LogP contribution < -0.4 is 5.32 Å². The quantitative estimate of drug-likeness (QED) is 0.824. The molecule has 0 unspecified atom stereocenters. The van der Waals surface area contributed by atoms with Crippen LogP contribution in [0, 0.1) is 0 Å². The second-order valence-corrected chi connectivity index (χ2v) is 2.65. The fourth-order valence-electron chi connectivity index (χ4n) is 0.794. The summed E-state index contributed by atoms with van der Waals surface area (Å²) in [7, 11) is 0. The van der Waals surface area contributed by atoms with Crippen LogP contribution in [0.5, 0.6) is 0 Å². The van der Waals surface area contributed by atoms with Crippen LogP contribution in [0.25, 0.3) is 0 Å². The second kappa shape index (κ2) is 4.96. The monoisotopic (exact) mass is 225 g/mol. The maximum absolute atomic E-state index is 11.7. The number of hydrogen-bond donors (Lipinski definition) is 1. The predicted octanol–water partition coefficient (Wildman–Crippen LogP) is 1.58. The van der Waals surface area contributed by atoms with Crippen molar-refractivity contribution in [3.05, 3.63) is 5.82 Å².